The Balaban J connectivity index is 2.78. The lowest BCUT2D eigenvalue weighted by Crippen LogP contribution is -2.37. The Morgan fingerprint density at radius 3 is 2.31 bits per heavy atom. The highest BCUT2D eigenvalue weighted by Crippen LogP contribution is 2.06. The quantitative estimate of drug-likeness (QED) is 0.713. The molecule has 86 valence electrons. The highest BCUT2D eigenvalue weighted by atomic mass is 16.4. The molecule has 1 aromatic carbocycles. The van der Waals surface area contributed by atoms with Gasteiger partial charge in [-0.3, -0.25) is 4.99 Å². The van der Waals surface area contributed by atoms with Crippen LogP contribution < -0.4 is 5.11 Å². The topological polar surface area (TPSA) is 52.5 Å². The third-order valence-electron chi connectivity index (χ3n) is 2.33. The van der Waals surface area contributed by atoms with Crippen LogP contribution in [0.3, 0.4) is 0 Å². The Morgan fingerprint density at radius 2 is 1.88 bits per heavy atom. The van der Waals surface area contributed by atoms with Crippen LogP contribution in [-0.4, -0.2) is 18.2 Å². The summed E-state index contributed by atoms with van der Waals surface area (Å²) in [5.41, 5.74) is 2.06. The summed E-state index contributed by atoms with van der Waals surface area (Å²) in [7, 11) is 0. The minimum Gasteiger partial charge on any atom is -0.548 e. The van der Waals surface area contributed by atoms with Gasteiger partial charge in [-0.1, -0.05) is 43.7 Å². The first kappa shape index (κ1) is 12.4. The predicted octanol–water partition coefficient (Wildman–Crippen LogP) is 1.19. The number of carbonyl (C=O) groups is 1. The summed E-state index contributed by atoms with van der Waals surface area (Å²) in [5.74, 6) is -1.19. The van der Waals surface area contributed by atoms with E-state index >= 15 is 0 Å². The van der Waals surface area contributed by atoms with Crippen LogP contribution in [0.4, 0.5) is 0 Å². The molecule has 0 spiro atoms. The van der Waals surface area contributed by atoms with E-state index in [9.17, 15) is 9.90 Å². The smallest absolute Gasteiger partial charge is 0.0915 e. The number of rotatable bonds is 4. The molecule has 0 radical (unpaired) electrons. The average Bonchev–Trinajstić information content (AvgIpc) is 2.20. The van der Waals surface area contributed by atoms with Gasteiger partial charge < -0.3 is 9.90 Å². The number of hydrogen-bond acceptors (Lipinski definition) is 3. The first-order valence-corrected chi connectivity index (χ1v) is 5.31. The summed E-state index contributed by atoms with van der Waals surface area (Å²) in [6.45, 7) is 5.62. The van der Waals surface area contributed by atoms with Crippen LogP contribution in [0.25, 0.3) is 0 Å². The highest BCUT2D eigenvalue weighted by Gasteiger charge is 2.11. The van der Waals surface area contributed by atoms with Gasteiger partial charge >= 0.3 is 0 Å². The Kier molecular flexibility index (Phi) is 4.23. The third kappa shape index (κ3) is 3.50. The van der Waals surface area contributed by atoms with E-state index < -0.39 is 12.0 Å². The van der Waals surface area contributed by atoms with Crippen molar-refractivity contribution >= 4 is 12.2 Å². The maximum Gasteiger partial charge on any atom is 0.0915 e. The Bertz CT molecular complexity index is 379. The van der Waals surface area contributed by atoms with E-state index in [4.69, 9.17) is 0 Å². The molecule has 0 aromatic heterocycles. The summed E-state index contributed by atoms with van der Waals surface area (Å²) in [5, 5.41) is 10.8. The lowest BCUT2D eigenvalue weighted by molar-refractivity contribution is -0.308. The van der Waals surface area contributed by atoms with Crippen molar-refractivity contribution in [1.82, 2.24) is 0 Å². The molecule has 3 nitrogen and oxygen atoms in total. The van der Waals surface area contributed by atoms with Crippen LogP contribution in [0.1, 0.15) is 25.0 Å². The number of nitrogens with zero attached hydrogens (tertiary/aromatic N) is 1. The van der Waals surface area contributed by atoms with Crippen molar-refractivity contribution in [1.29, 1.82) is 0 Å². The molecule has 0 saturated heterocycles. The minimum atomic E-state index is -1.13. The fraction of sp³-hybridized carbons (Fsp3) is 0.385. The normalized spacial score (nSPS) is 13.2. The van der Waals surface area contributed by atoms with Crippen molar-refractivity contribution in [3.63, 3.8) is 0 Å². The van der Waals surface area contributed by atoms with Gasteiger partial charge in [-0.05, 0) is 18.4 Å². The Hall–Kier alpha value is -1.64. The number of aliphatic carboxylic acids is 1. The molecule has 1 atom stereocenters. The van der Waals surface area contributed by atoms with Gasteiger partial charge in [0.05, 0.1) is 12.0 Å². The maximum absolute atomic E-state index is 10.8. The molecule has 0 aliphatic carbocycles. The van der Waals surface area contributed by atoms with Gasteiger partial charge in [-0.25, -0.2) is 0 Å². The minimum absolute atomic E-state index is 0.0632. The van der Waals surface area contributed by atoms with E-state index in [0.717, 1.165) is 11.1 Å². The third-order valence-corrected chi connectivity index (χ3v) is 2.33. The molecule has 0 heterocycles. The van der Waals surface area contributed by atoms with Crippen molar-refractivity contribution in [2.24, 2.45) is 10.9 Å². The van der Waals surface area contributed by atoms with Gasteiger partial charge in [-0.2, -0.15) is 0 Å². The number of carboxylic acids is 1. The van der Waals surface area contributed by atoms with E-state index in [1.807, 2.05) is 45.0 Å². The van der Waals surface area contributed by atoms with Crippen molar-refractivity contribution < 1.29 is 9.90 Å². The lowest BCUT2D eigenvalue weighted by atomic mass is 10.1. The highest BCUT2D eigenvalue weighted by molar-refractivity contribution is 5.82. The molecular weight excluding hydrogens is 202 g/mol. The van der Waals surface area contributed by atoms with Crippen molar-refractivity contribution in [2.75, 3.05) is 0 Å². The Labute approximate surface area is 95.8 Å². The van der Waals surface area contributed by atoms with Gasteiger partial charge in [0, 0.05) is 6.21 Å². The largest absolute Gasteiger partial charge is 0.548 e. The zero-order valence-electron chi connectivity index (χ0n) is 9.81. The zero-order chi connectivity index (χ0) is 12.1. The van der Waals surface area contributed by atoms with E-state index in [2.05, 4.69) is 4.99 Å². The fourth-order valence-corrected chi connectivity index (χ4v) is 1.32. The molecule has 3 heteroatoms. The molecule has 1 rings (SSSR count). The molecule has 0 bridgehead atoms. The number of aliphatic imine (C=N–C) groups is 1. The average molecular weight is 218 g/mol. The maximum atomic E-state index is 10.8. The second-order valence-electron chi connectivity index (χ2n) is 4.20. The summed E-state index contributed by atoms with van der Waals surface area (Å²) in [6.07, 6.45) is 1.58. The first-order chi connectivity index (χ1) is 7.50. The molecule has 0 aliphatic heterocycles. The van der Waals surface area contributed by atoms with Crippen molar-refractivity contribution in [3.05, 3.63) is 35.4 Å². The van der Waals surface area contributed by atoms with Crippen molar-refractivity contribution in [2.45, 2.75) is 26.8 Å². The molecule has 0 saturated carbocycles. The summed E-state index contributed by atoms with van der Waals surface area (Å²) in [6, 6.07) is 6.97. The number of carboxylic acid groups (broad SMARTS) is 1. The van der Waals surface area contributed by atoms with Crippen LogP contribution in [0.5, 0.6) is 0 Å². The first-order valence-electron chi connectivity index (χ1n) is 5.31. The summed E-state index contributed by atoms with van der Waals surface area (Å²) < 4.78 is 0. The summed E-state index contributed by atoms with van der Waals surface area (Å²) >= 11 is 0. The van der Waals surface area contributed by atoms with Crippen molar-refractivity contribution in [3.8, 4) is 0 Å². The predicted molar refractivity (Wildman–Crippen MR) is 62.4 cm³/mol. The van der Waals surface area contributed by atoms with Crippen LogP contribution in [0.15, 0.2) is 29.3 Å². The van der Waals surface area contributed by atoms with Gasteiger partial charge in [0.25, 0.3) is 0 Å². The van der Waals surface area contributed by atoms with Crippen LogP contribution in [-0.2, 0) is 4.79 Å². The second kappa shape index (κ2) is 5.45. The molecule has 16 heavy (non-hydrogen) atoms. The summed E-state index contributed by atoms with van der Waals surface area (Å²) in [4.78, 5) is 14.8. The molecule has 1 aromatic rings. The zero-order valence-corrected chi connectivity index (χ0v) is 9.81. The van der Waals surface area contributed by atoms with Gasteiger partial charge in [0.2, 0.25) is 0 Å². The number of aryl methyl sites for hydroxylation is 1. The standard InChI is InChI=1S/C13H17NO2/c1-9(2)12(13(15)16)14-8-11-6-4-10(3)5-7-11/h4-9,12H,1-3H3,(H,15,16)/p-1. The lowest BCUT2D eigenvalue weighted by Gasteiger charge is -2.16. The molecule has 1 unspecified atom stereocenters. The van der Waals surface area contributed by atoms with Gasteiger partial charge in [0.1, 0.15) is 0 Å². The number of carbonyl (C=O) groups excluding carboxylic acids is 1. The van der Waals surface area contributed by atoms with E-state index in [-0.39, 0.29) is 5.92 Å². The van der Waals surface area contributed by atoms with Crippen LogP contribution in [0, 0.1) is 12.8 Å². The molecule has 0 fully saturated rings. The molecule has 0 amide bonds. The molecule has 0 N–H and O–H groups in total. The van der Waals surface area contributed by atoms with Gasteiger partial charge in [0.15, 0.2) is 0 Å². The van der Waals surface area contributed by atoms with Gasteiger partial charge in [-0.15, -0.1) is 0 Å². The second-order valence-corrected chi connectivity index (χ2v) is 4.20. The van der Waals surface area contributed by atoms with Crippen LogP contribution >= 0.6 is 0 Å². The van der Waals surface area contributed by atoms with E-state index in [0.29, 0.717) is 0 Å². The SMILES string of the molecule is Cc1ccc(C=NC(C(=O)[O-])C(C)C)cc1. The number of benzene rings is 1. The van der Waals surface area contributed by atoms with Crippen LogP contribution in [0.2, 0.25) is 0 Å². The monoisotopic (exact) mass is 218 g/mol. The fourth-order valence-electron chi connectivity index (χ4n) is 1.32. The molecular formula is C13H16NO2-. The van der Waals surface area contributed by atoms with E-state index in [1.54, 1.807) is 6.21 Å². The number of hydrogen-bond donors (Lipinski definition) is 0. The molecule has 0 aliphatic rings. The van der Waals surface area contributed by atoms with E-state index in [1.165, 1.54) is 0 Å². The Morgan fingerprint density at radius 1 is 1.31 bits per heavy atom.